The highest BCUT2D eigenvalue weighted by Gasteiger charge is 2.24. The second-order valence-electron chi connectivity index (χ2n) is 5.76. The third-order valence-corrected chi connectivity index (χ3v) is 5.74. The maximum absolute atomic E-state index is 12.1. The first-order valence-electron chi connectivity index (χ1n) is 7.33. The Morgan fingerprint density at radius 2 is 2.11 bits per heavy atom. The Morgan fingerprint density at radius 3 is 2.74 bits per heavy atom. The van der Waals surface area contributed by atoms with E-state index in [1.165, 1.54) is 17.1 Å². The van der Waals surface area contributed by atoms with Gasteiger partial charge in [0.1, 0.15) is 0 Å². The topological polar surface area (TPSA) is 58.6 Å². The van der Waals surface area contributed by atoms with Crippen molar-refractivity contribution in [2.24, 2.45) is 5.92 Å². The first-order chi connectivity index (χ1) is 9.08. The standard InChI is InChI=1S/C13H26N2O3S/c1-15(10-12-4-2-8-18-11-12)19(16,17)9-3-7-14-13-5-6-13/h12-14H,2-11H2,1H3. The van der Waals surface area contributed by atoms with E-state index < -0.39 is 10.0 Å². The fourth-order valence-corrected chi connectivity index (χ4v) is 3.69. The first kappa shape index (κ1) is 15.2. The van der Waals surface area contributed by atoms with Crippen LogP contribution in [0, 0.1) is 5.92 Å². The van der Waals surface area contributed by atoms with E-state index in [1.54, 1.807) is 7.05 Å². The molecule has 1 atom stereocenters. The summed E-state index contributed by atoms with van der Waals surface area (Å²) in [5.41, 5.74) is 0. The van der Waals surface area contributed by atoms with E-state index in [0.717, 1.165) is 26.0 Å². The maximum Gasteiger partial charge on any atom is 0.213 e. The number of sulfonamides is 1. The van der Waals surface area contributed by atoms with E-state index in [-0.39, 0.29) is 5.75 Å². The molecule has 1 unspecified atom stereocenters. The Balaban J connectivity index is 1.67. The molecule has 0 aromatic rings. The molecule has 1 heterocycles. The van der Waals surface area contributed by atoms with E-state index >= 15 is 0 Å². The normalized spacial score (nSPS) is 24.8. The van der Waals surface area contributed by atoms with Gasteiger partial charge in [-0.05, 0) is 44.6 Å². The molecule has 1 N–H and O–H groups in total. The van der Waals surface area contributed by atoms with Gasteiger partial charge in [0.15, 0.2) is 0 Å². The summed E-state index contributed by atoms with van der Waals surface area (Å²) in [6.07, 6.45) is 5.31. The zero-order chi connectivity index (χ0) is 13.7. The lowest BCUT2D eigenvalue weighted by atomic mass is 10.0. The summed E-state index contributed by atoms with van der Waals surface area (Å²) in [7, 11) is -1.41. The van der Waals surface area contributed by atoms with E-state index in [4.69, 9.17) is 4.74 Å². The Morgan fingerprint density at radius 1 is 1.32 bits per heavy atom. The summed E-state index contributed by atoms with van der Waals surface area (Å²) >= 11 is 0. The van der Waals surface area contributed by atoms with Crippen LogP contribution in [0.15, 0.2) is 0 Å². The molecule has 0 amide bonds. The summed E-state index contributed by atoms with van der Waals surface area (Å²) < 4.78 is 31.2. The highest BCUT2D eigenvalue weighted by molar-refractivity contribution is 7.89. The van der Waals surface area contributed by atoms with E-state index in [9.17, 15) is 8.42 Å². The molecule has 0 spiro atoms. The lowest BCUT2D eigenvalue weighted by Crippen LogP contribution is -2.37. The van der Waals surface area contributed by atoms with Gasteiger partial charge in [0, 0.05) is 26.2 Å². The van der Waals surface area contributed by atoms with Crippen LogP contribution in [0.25, 0.3) is 0 Å². The van der Waals surface area contributed by atoms with E-state index in [1.807, 2.05) is 0 Å². The van der Waals surface area contributed by atoms with Crippen LogP contribution in [0.1, 0.15) is 32.1 Å². The molecule has 0 radical (unpaired) electrons. The average molecular weight is 290 g/mol. The summed E-state index contributed by atoms with van der Waals surface area (Å²) in [5, 5.41) is 3.35. The molecule has 2 fully saturated rings. The van der Waals surface area contributed by atoms with Crippen molar-refractivity contribution < 1.29 is 13.2 Å². The lowest BCUT2D eigenvalue weighted by Gasteiger charge is -2.26. The number of ether oxygens (including phenoxy) is 1. The fraction of sp³-hybridized carbons (Fsp3) is 1.00. The largest absolute Gasteiger partial charge is 0.381 e. The second-order valence-corrected chi connectivity index (χ2v) is 7.96. The average Bonchev–Trinajstić information content (AvgIpc) is 3.20. The minimum Gasteiger partial charge on any atom is -0.381 e. The molecule has 112 valence electrons. The molecule has 1 saturated carbocycles. The van der Waals surface area contributed by atoms with Gasteiger partial charge in [-0.15, -0.1) is 0 Å². The molecule has 1 aliphatic heterocycles. The zero-order valence-electron chi connectivity index (χ0n) is 11.8. The molecular formula is C13H26N2O3S. The number of hydrogen-bond acceptors (Lipinski definition) is 4. The monoisotopic (exact) mass is 290 g/mol. The number of nitrogens with one attached hydrogen (secondary N) is 1. The molecule has 0 aromatic heterocycles. The van der Waals surface area contributed by atoms with Crippen molar-refractivity contribution in [2.45, 2.75) is 38.1 Å². The van der Waals surface area contributed by atoms with Crippen molar-refractivity contribution in [3.05, 3.63) is 0 Å². The number of hydrogen-bond donors (Lipinski definition) is 1. The van der Waals surface area contributed by atoms with Gasteiger partial charge in [0.2, 0.25) is 10.0 Å². The molecule has 2 aliphatic rings. The van der Waals surface area contributed by atoms with Gasteiger partial charge in [-0.3, -0.25) is 0 Å². The van der Waals surface area contributed by atoms with Crippen molar-refractivity contribution >= 4 is 10.0 Å². The van der Waals surface area contributed by atoms with Gasteiger partial charge in [-0.25, -0.2) is 12.7 Å². The number of rotatable bonds is 8. The zero-order valence-corrected chi connectivity index (χ0v) is 12.6. The van der Waals surface area contributed by atoms with Gasteiger partial charge < -0.3 is 10.1 Å². The van der Waals surface area contributed by atoms with Gasteiger partial charge in [-0.2, -0.15) is 0 Å². The molecule has 6 heteroatoms. The van der Waals surface area contributed by atoms with Crippen molar-refractivity contribution in [3.63, 3.8) is 0 Å². The Bertz CT molecular complexity index is 362. The summed E-state index contributed by atoms with van der Waals surface area (Å²) in [6, 6.07) is 0.653. The van der Waals surface area contributed by atoms with Gasteiger partial charge in [0.25, 0.3) is 0 Å². The van der Waals surface area contributed by atoms with Crippen LogP contribution in [0.5, 0.6) is 0 Å². The van der Waals surface area contributed by atoms with E-state index in [0.29, 0.717) is 31.5 Å². The molecule has 1 aliphatic carbocycles. The summed E-state index contributed by atoms with van der Waals surface area (Å²) in [5.74, 6) is 0.606. The van der Waals surface area contributed by atoms with Crippen molar-refractivity contribution in [2.75, 3.05) is 39.1 Å². The minimum atomic E-state index is -3.10. The van der Waals surface area contributed by atoms with Crippen LogP contribution in [0.3, 0.4) is 0 Å². The number of nitrogens with zero attached hydrogens (tertiary/aromatic N) is 1. The van der Waals surface area contributed by atoms with E-state index in [2.05, 4.69) is 5.32 Å². The van der Waals surface area contributed by atoms with Gasteiger partial charge >= 0.3 is 0 Å². The fourth-order valence-electron chi connectivity index (χ4n) is 2.43. The molecule has 0 aromatic carbocycles. The predicted molar refractivity (Wildman–Crippen MR) is 75.6 cm³/mol. The maximum atomic E-state index is 12.1. The molecule has 19 heavy (non-hydrogen) atoms. The highest BCUT2D eigenvalue weighted by atomic mass is 32.2. The molecule has 1 saturated heterocycles. The summed E-state index contributed by atoms with van der Waals surface area (Å²) in [4.78, 5) is 0. The Hall–Kier alpha value is -0.170. The van der Waals surface area contributed by atoms with Crippen LogP contribution >= 0.6 is 0 Å². The second kappa shape index (κ2) is 7.02. The van der Waals surface area contributed by atoms with Crippen LogP contribution < -0.4 is 5.32 Å². The highest BCUT2D eigenvalue weighted by Crippen LogP contribution is 2.18. The van der Waals surface area contributed by atoms with Crippen molar-refractivity contribution in [1.29, 1.82) is 0 Å². The summed E-state index contributed by atoms with van der Waals surface area (Å²) in [6.45, 7) is 2.92. The van der Waals surface area contributed by atoms with Crippen LogP contribution in [-0.2, 0) is 14.8 Å². The first-order valence-corrected chi connectivity index (χ1v) is 8.94. The Labute approximate surface area is 116 Å². The van der Waals surface area contributed by atoms with Crippen LogP contribution in [0.2, 0.25) is 0 Å². The Kier molecular flexibility index (Phi) is 5.62. The van der Waals surface area contributed by atoms with Gasteiger partial charge in [-0.1, -0.05) is 0 Å². The SMILES string of the molecule is CN(CC1CCCOC1)S(=O)(=O)CCCNC1CC1. The van der Waals surface area contributed by atoms with Crippen molar-refractivity contribution in [3.8, 4) is 0 Å². The molecular weight excluding hydrogens is 264 g/mol. The molecule has 0 bridgehead atoms. The van der Waals surface area contributed by atoms with Crippen LogP contribution in [0.4, 0.5) is 0 Å². The predicted octanol–water partition coefficient (Wildman–Crippen LogP) is 0.817. The smallest absolute Gasteiger partial charge is 0.213 e. The quantitative estimate of drug-likeness (QED) is 0.672. The lowest BCUT2D eigenvalue weighted by molar-refractivity contribution is 0.0495. The van der Waals surface area contributed by atoms with Gasteiger partial charge in [0.05, 0.1) is 12.4 Å². The minimum absolute atomic E-state index is 0.247. The molecule has 5 nitrogen and oxygen atoms in total. The van der Waals surface area contributed by atoms with Crippen molar-refractivity contribution in [1.82, 2.24) is 9.62 Å². The third-order valence-electron chi connectivity index (χ3n) is 3.83. The third kappa shape index (κ3) is 5.38. The molecule has 2 rings (SSSR count). The van der Waals surface area contributed by atoms with Crippen LogP contribution in [-0.4, -0.2) is 57.9 Å².